The number of hydrogen-bond acceptors (Lipinski definition) is 3. The van der Waals surface area contributed by atoms with E-state index in [0.29, 0.717) is 0 Å². The molecule has 12 heavy (non-hydrogen) atoms. The van der Waals surface area contributed by atoms with Crippen LogP contribution in [0, 0.1) is 0 Å². The molecule has 2 rings (SSSR count). The van der Waals surface area contributed by atoms with Crippen molar-refractivity contribution >= 4 is 5.69 Å². The van der Waals surface area contributed by atoms with Crippen LogP contribution in [0.25, 0.3) is 0 Å². The van der Waals surface area contributed by atoms with E-state index in [0.717, 1.165) is 19.8 Å². The van der Waals surface area contributed by atoms with Crippen LogP contribution >= 0.6 is 0 Å². The summed E-state index contributed by atoms with van der Waals surface area (Å²) in [5.41, 5.74) is 1.32. The molecule has 66 valence electrons. The highest BCUT2D eigenvalue weighted by molar-refractivity contribution is 5.46. The topological polar surface area (TPSA) is 50.3 Å². The van der Waals surface area contributed by atoms with Crippen molar-refractivity contribution in [2.45, 2.75) is 0 Å². The fraction of sp³-hybridized carbons (Fsp3) is 0.333. The number of hydrogen-bond donors (Lipinski definition) is 2. The summed E-state index contributed by atoms with van der Waals surface area (Å²) in [5, 5.41) is 3.30. The Kier molecular flexibility index (Phi) is 3.08. The molecule has 1 heterocycles. The van der Waals surface area contributed by atoms with Crippen molar-refractivity contribution in [1.29, 1.82) is 0 Å². The average molecular weight is 165 g/mol. The number of para-hydroxylation sites is 1. The van der Waals surface area contributed by atoms with Gasteiger partial charge in [0.1, 0.15) is 0 Å². The molecule has 0 radical (unpaired) electrons. The van der Waals surface area contributed by atoms with Gasteiger partial charge < -0.3 is 11.1 Å². The summed E-state index contributed by atoms with van der Waals surface area (Å²) in [5.74, 6) is 0. The molecule has 0 saturated carbocycles. The molecule has 1 aromatic carbocycles. The predicted molar refractivity (Wildman–Crippen MR) is 51.7 cm³/mol. The number of rotatable bonds is 1. The second-order valence-corrected chi connectivity index (χ2v) is 2.76. The van der Waals surface area contributed by atoms with Gasteiger partial charge in [0.25, 0.3) is 0 Å². The number of benzene rings is 1. The van der Waals surface area contributed by atoms with Crippen LogP contribution in [0.15, 0.2) is 30.3 Å². The Bertz CT molecular complexity index is 216. The highest BCUT2D eigenvalue weighted by Crippen LogP contribution is 2.12. The van der Waals surface area contributed by atoms with Gasteiger partial charge in [-0.1, -0.05) is 18.2 Å². The van der Waals surface area contributed by atoms with Crippen molar-refractivity contribution in [3.05, 3.63) is 30.3 Å². The van der Waals surface area contributed by atoms with E-state index in [1.807, 2.05) is 6.07 Å². The van der Waals surface area contributed by atoms with Gasteiger partial charge in [0.15, 0.2) is 0 Å². The van der Waals surface area contributed by atoms with Crippen LogP contribution in [-0.2, 0) is 0 Å². The van der Waals surface area contributed by atoms with Gasteiger partial charge in [-0.3, -0.25) is 5.32 Å². The van der Waals surface area contributed by atoms with E-state index in [4.69, 9.17) is 0 Å². The molecule has 1 fully saturated rings. The first kappa shape index (κ1) is 9.03. The van der Waals surface area contributed by atoms with Crippen LogP contribution in [0.3, 0.4) is 0 Å². The maximum Gasteiger partial charge on any atom is 0.0683 e. The Morgan fingerprint density at radius 1 is 1.17 bits per heavy atom. The highest BCUT2D eigenvalue weighted by Gasteiger charge is 2.09. The van der Waals surface area contributed by atoms with Crippen molar-refractivity contribution in [2.24, 2.45) is 0 Å². The molecular weight excluding hydrogens is 150 g/mol. The van der Waals surface area contributed by atoms with E-state index < -0.39 is 0 Å². The minimum atomic E-state index is 0. The monoisotopic (exact) mass is 165 g/mol. The normalized spacial score (nSPS) is 15.8. The Balaban J connectivity index is 0.000000720. The Morgan fingerprint density at radius 3 is 2.50 bits per heavy atom. The standard InChI is InChI=1S/C9H12N2.H3N/c1-2-4-9(5-3-1)11-7-6-10-8-11;/h1-5,10H,6-8H2;1H3. The molecule has 0 atom stereocenters. The van der Waals surface area contributed by atoms with Gasteiger partial charge in [-0.2, -0.15) is 0 Å². The molecule has 4 N–H and O–H groups in total. The zero-order chi connectivity index (χ0) is 7.52. The summed E-state index contributed by atoms with van der Waals surface area (Å²) in [6, 6.07) is 10.5. The average Bonchev–Trinajstić information content (AvgIpc) is 2.58. The largest absolute Gasteiger partial charge is 0.357 e. The minimum absolute atomic E-state index is 0. The van der Waals surface area contributed by atoms with E-state index in [1.165, 1.54) is 5.69 Å². The van der Waals surface area contributed by atoms with Gasteiger partial charge in [0.2, 0.25) is 0 Å². The van der Waals surface area contributed by atoms with Gasteiger partial charge in [-0.15, -0.1) is 0 Å². The van der Waals surface area contributed by atoms with Gasteiger partial charge in [0, 0.05) is 18.8 Å². The van der Waals surface area contributed by atoms with Gasteiger partial charge in [-0.25, -0.2) is 0 Å². The first-order valence-corrected chi connectivity index (χ1v) is 3.97. The molecule has 3 heteroatoms. The second kappa shape index (κ2) is 4.09. The molecule has 1 aromatic rings. The predicted octanol–water partition coefficient (Wildman–Crippen LogP) is 1.22. The van der Waals surface area contributed by atoms with Crippen LogP contribution < -0.4 is 16.4 Å². The van der Waals surface area contributed by atoms with Crippen LogP contribution in [0.4, 0.5) is 5.69 Å². The zero-order valence-electron chi connectivity index (χ0n) is 7.16. The van der Waals surface area contributed by atoms with E-state index >= 15 is 0 Å². The maximum absolute atomic E-state index is 3.30. The summed E-state index contributed by atoms with van der Waals surface area (Å²) in [7, 11) is 0. The van der Waals surface area contributed by atoms with Gasteiger partial charge in [-0.05, 0) is 12.1 Å². The molecule has 1 aliphatic heterocycles. The first-order valence-electron chi connectivity index (χ1n) is 3.97. The van der Waals surface area contributed by atoms with Gasteiger partial charge in [0.05, 0.1) is 6.67 Å². The first-order chi connectivity index (χ1) is 5.47. The molecule has 0 amide bonds. The quantitative estimate of drug-likeness (QED) is 0.657. The molecule has 0 spiro atoms. The number of anilines is 1. The van der Waals surface area contributed by atoms with Crippen molar-refractivity contribution in [3.8, 4) is 0 Å². The van der Waals surface area contributed by atoms with E-state index in [9.17, 15) is 0 Å². The third-order valence-corrected chi connectivity index (χ3v) is 1.98. The van der Waals surface area contributed by atoms with Crippen molar-refractivity contribution in [1.82, 2.24) is 11.5 Å². The van der Waals surface area contributed by atoms with E-state index in [2.05, 4.69) is 34.5 Å². The SMILES string of the molecule is N.c1ccc(N2CCNC2)cc1. The third-order valence-electron chi connectivity index (χ3n) is 1.98. The van der Waals surface area contributed by atoms with Crippen molar-refractivity contribution in [3.63, 3.8) is 0 Å². The lowest BCUT2D eigenvalue weighted by Crippen LogP contribution is -2.20. The number of nitrogens with one attached hydrogen (secondary N) is 1. The fourth-order valence-electron chi connectivity index (χ4n) is 1.37. The summed E-state index contributed by atoms with van der Waals surface area (Å²) >= 11 is 0. The minimum Gasteiger partial charge on any atom is -0.357 e. The van der Waals surface area contributed by atoms with Crippen molar-refractivity contribution in [2.75, 3.05) is 24.7 Å². The van der Waals surface area contributed by atoms with E-state index in [1.54, 1.807) is 0 Å². The third kappa shape index (κ3) is 1.75. The van der Waals surface area contributed by atoms with Crippen LogP contribution in [-0.4, -0.2) is 19.8 Å². The lowest BCUT2D eigenvalue weighted by Gasteiger charge is -2.15. The summed E-state index contributed by atoms with van der Waals surface area (Å²) in [6.07, 6.45) is 0. The molecule has 0 bridgehead atoms. The van der Waals surface area contributed by atoms with Crippen molar-refractivity contribution < 1.29 is 0 Å². The molecular formula is C9H15N3. The lowest BCUT2D eigenvalue weighted by atomic mass is 10.3. The summed E-state index contributed by atoms with van der Waals surface area (Å²) in [6.45, 7) is 3.23. The second-order valence-electron chi connectivity index (χ2n) is 2.76. The Hall–Kier alpha value is -1.06. The Morgan fingerprint density at radius 2 is 1.92 bits per heavy atom. The zero-order valence-corrected chi connectivity index (χ0v) is 7.16. The van der Waals surface area contributed by atoms with Crippen LogP contribution in [0.5, 0.6) is 0 Å². The van der Waals surface area contributed by atoms with Gasteiger partial charge >= 0.3 is 0 Å². The maximum atomic E-state index is 3.30. The molecule has 0 unspecified atom stereocenters. The number of nitrogens with zero attached hydrogens (tertiary/aromatic N) is 1. The van der Waals surface area contributed by atoms with Crippen LogP contribution in [0.2, 0.25) is 0 Å². The molecule has 1 aliphatic rings. The molecule has 0 aromatic heterocycles. The smallest absolute Gasteiger partial charge is 0.0683 e. The lowest BCUT2D eigenvalue weighted by molar-refractivity contribution is 0.855. The molecule has 3 nitrogen and oxygen atoms in total. The Labute approximate surface area is 73.0 Å². The van der Waals surface area contributed by atoms with E-state index in [-0.39, 0.29) is 6.15 Å². The highest BCUT2D eigenvalue weighted by atomic mass is 15.3. The molecule has 1 saturated heterocycles. The molecule has 0 aliphatic carbocycles. The summed E-state index contributed by atoms with van der Waals surface area (Å²) < 4.78 is 0. The fourth-order valence-corrected chi connectivity index (χ4v) is 1.37. The van der Waals surface area contributed by atoms with Crippen LogP contribution in [0.1, 0.15) is 0 Å². The summed E-state index contributed by atoms with van der Waals surface area (Å²) in [4.78, 5) is 2.33.